The van der Waals surface area contributed by atoms with Gasteiger partial charge in [0, 0.05) is 11.5 Å². The molecule has 2 aliphatic rings. The minimum Gasteiger partial charge on any atom is -0.488 e. The number of aromatic amines is 1. The quantitative estimate of drug-likeness (QED) is 0.791. The second-order valence-electron chi connectivity index (χ2n) is 7.09. The molecule has 1 N–H and O–H groups in total. The lowest BCUT2D eigenvalue weighted by Crippen LogP contribution is -2.48. The van der Waals surface area contributed by atoms with Gasteiger partial charge in [0.15, 0.2) is 0 Å². The average Bonchev–Trinajstić information content (AvgIpc) is 3.16. The van der Waals surface area contributed by atoms with Crippen LogP contribution in [-0.2, 0) is 0 Å². The highest BCUT2D eigenvalue weighted by atomic mass is 19.1. The molecule has 3 heterocycles. The van der Waals surface area contributed by atoms with E-state index >= 15 is 0 Å². The Morgan fingerprint density at radius 3 is 2.84 bits per heavy atom. The summed E-state index contributed by atoms with van der Waals surface area (Å²) in [5.74, 6) is 1.58. The van der Waals surface area contributed by atoms with Gasteiger partial charge in [-0.1, -0.05) is 0 Å². The summed E-state index contributed by atoms with van der Waals surface area (Å²) in [5, 5.41) is 8.37. The number of H-pyrrole nitrogens is 1. The van der Waals surface area contributed by atoms with Crippen LogP contribution >= 0.6 is 0 Å². The van der Waals surface area contributed by atoms with E-state index in [1.54, 1.807) is 0 Å². The van der Waals surface area contributed by atoms with Gasteiger partial charge in [-0.25, -0.2) is 14.4 Å². The molecule has 0 spiro atoms. The Bertz CT molecular complexity index is 946. The van der Waals surface area contributed by atoms with Gasteiger partial charge in [-0.05, 0) is 38.0 Å². The van der Waals surface area contributed by atoms with Crippen LogP contribution in [0.4, 0.5) is 10.2 Å². The number of hydrogen-bond donors (Lipinski definition) is 1. The van der Waals surface area contributed by atoms with Gasteiger partial charge in [0.1, 0.15) is 29.7 Å². The van der Waals surface area contributed by atoms with Crippen LogP contribution in [0.5, 0.6) is 5.75 Å². The lowest BCUT2D eigenvalue weighted by atomic mass is 10.1. The zero-order valence-electron chi connectivity index (χ0n) is 13.9. The number of halogens is 1. The monoisotopic (exact) mass is 339 g/mol. The highest BCUT2D eigenvalue weighted by Crippen LogP contribution is 2.40. The van der Waals surface area contributed by atoms with E-state index in [9.17, 15) is 4.39 Å². The van der Waals surface area contributed by atoms with E-state index in [-0.39, 0.29) is 5.60 Å². The number of hydrogen-bond acceptors (Lipinski definition) is 5. The average molecular weight is 339 g/mol. The van der Waals surface area contributed by atoms with E-state index in [4.69, 9.17) is 4.74 Å². The van der Waals surface area contributed by atoms with Crippen molar-refractivity contribution in [1.82, 2.24) is 20.2 Å². The number of anilines is 1. The Kier molecular flexibility index (Phi) is 3.01. The van der Waals surface area contributed by atoms with Gasteiger partial charge in [0.05, 0.1) is 30.0 Å². The Hall–Kier alpha value is -2.70. The third-order valence-corrected chi connectivity index (χ3v) is 4.91. The molecule has 1 aliphatic heterocycles. The number of nitrogens with one attached hydrogen (secondary N) is 1. The van der Waals surface area contributed by atoms with Gasteiger partial charge in [-0.2, -0.15) is 5.10 Å². The van der Waals surface area contributed by atoms with Crippen molar-refractivity contribution in [2.24, 2.45) is 0 Å². The first-order valence-electron chi connectivity index (χ1n) is 8.48. The van der Waals surface area contributed by atoms with Crippen molar-refractivity contribution in [3.8, 4) is 17.1 Å². The molecule has 1 aromatic carbocycles. The fraction of sp³-hybridized carbons (Fsp3) is 0.389. The highest BCUT2D eigenvalue weighted by Gasteiger charge is 2.40. The molecule has 2 aromatic heterocycles. The Morgan fingerprint density at radius 1 is 1.24 bits per heavy atom. The maximum Gasteiger partial charge on any atom is 0.135 e. The van der Waals surface area contributed by atoms with E-state index in [0.29, 0.717) is 13.1 Å². The first-order valence-corrected chi connectivity index (χ1v) is 8.48. The molecule has 0 bridgehead atoms. The second-order valence-corrected chi connectivity index (χ2v) is 7.09. The standard InChI is InChI=1S/C18H18FN5O/c1-18(4-5-18)25-12-2-3-14-13(6-12)17(23-22-14)15-7-16(21-10-20-15)24-8-11(19)9-24/h2-3,6-7,10-11H,4-5,8-9H2,1H3,(H,22,23). The lowest BCUT2D eigenvalue weighted by molar-refractivity contribution is 0.200. The summed E-state index contributed by atoms with van der Waals surface area (Å²) >= 11 is 0. The molecule has 25 heavy (non-hydrogen) atoms. The molecule has 5 rings (SSSR count). The van der Waals surface area contributed by atoms with Crippen molar-refractivity contribution in [2.45, 2.75) is 31.5 Å². The zero-order chi connectivity index (χ0) is 17.0. The molecule has 3 aromatic rings. The third-order valence-electron chi connectivity index (χ3n) is 4.91. The first-order chi connectivity index (χ1) is 12.1. The van der Waals surface area contributed by atoms with Crippen LogP contribution in [-0.4, -0.2) is 45.0 Å². The van der Waals surface area contributed by atoms with Gasteiger partial charge in [0.2, 0.25) is 0 Å². The van der Waals surface area contributed by atoms with E-state index in [1.165, 1.54) is 6.33 Å². The van der Waals surface area contributed by atoms with Crippen LogP contribution in [0.3, 0.4) is 0 Å². The number of alkyl halides is 1. The van der Waals surface area contributed by atoms with Crippen LogP contribution in [0.25, 0.3) is 22.3 Å². The molecule has 128 valence electrons. The molecular weight excluding hydrogens is 321 g/mol. The lowest BCUT2D eigenvalue weighted by Gasteiger charge is -2.35. The molecule has 0 unspecified atom stereocenters. The first kappa shape index (κ1) is 14.6. The van der Waals surface area contributed by atoms with E-state index in [1.807, 2.05) is 29.2 Å². The fourth-order valence-electron chi connectivity index (χ4n) is 3.08. The summed E-state index contributed by atoms with van der Waals surface area (Å²) in [6.45, 7) is 2.89. The molecule has 1 saturated carbocycles. The zero-order valence-corrected chi connectivity index (χ0v) is 13.9. The topological polar surface area (TPSA) is 66.9 Å². The minimum absolute atomic E-state index is 0.0277. The summed E-state index contributed by atoms with van der Waals surface area (Å²) in [6, 6.07) is 7.76. The summed E-state index contributed by atoms with van der Waals surface area (Å²) < 4.78 is 19.2. The number of fused-ring (bicyclic) bond motifs is 1. The summed E-state index contributed by atoms with van der Waals surface area (Å²) in [6.07, 6.45) is 2.91. The second kappa shape index (κ2) is 5.15. The molecule has 7 heteroatoms. The summed E-state index contributed by atoms with van der Waals surface area (Å²) in [7, 11) is 0. The molecule has 1 saturated heterocycles. The maximum absolute atomic E-state index is 13.1. The van der Waals surface area contributed by atoms with Gasteiger partial charge < -0.3 is 9.64 Å². The summed E-state index contributed by atoms with van der Waals surface area (Å²) in [5.41, 5.74) is 2.39. The molecule has 0 amide bonds. The predicted octanol–water partition coefficient (Wildman–Crippen LogP) is 3.11. The van der Waals surface area contributed by atoms with E-state index < -0.39 is 6.17 Å². The van der Waals surface area contributed by atoms with Crippen molar-refractivity contribution >= 4 is 16.7 Å². The van der Waals surface area contributed by atoms with E-state index in [2.05, 4.69) is 27.1 Å². The smallest absolute Gasteiger partial charge is 0.135 e. The number of ether oxygens (including phenoxy) is 1. The maximum atomic E-state index is 13.1. The van der Waals surface area contributed by atoms with E-state index in [0.717, 1.165) is 46.7 Å². The predicted molar refractivity (Wildman–Crippen MR) is 92.5 cm³/mol. The van der Waals surface area contributed by atoms with Crippen LogP contribution in [0, 0.1) is 0 Å². The Morgan fingerprint density at radius 2 is 2.08 bits per heavy atom. The van der Waals surface area contributed by atoms with Gasteiger partial charge in [-0.3, -0.25) is 5.10 Å². The molecule has 0 atom stereocenters. The van der Waals surface area contributed by atoms with Crippen molar-refractivity contribution in [2.75, 3.05) is 18.0 Å². The SMILES string of the molecule is CC1(Oc2ccc3n[nH]c(-c4cc(N5CC(F)C5)ncn4)c3c2)CC1. The molecule has 1 aliphatic carbocycles. The summed E-state index contributed by atoms with van der Waals surface area (Å²) in [4.78, 5) is 10.5. The number of aromatic nitrogens is 4. The van der Waals surface area contributed by atoms with Gasteiger partial charge in [0.25, 0.3) is 0 Å². The Balaban J connectivity index is 1.51. The molecular formula is C18H18FN5O. The highest BCUT2D eigenvalue weighted by molar-refractivity contribution is 5.93. The number of nitrogens with zero attached hydrogens (tertiary/aromatic N) is 4. The number of benzene rings is 1. The number of rotatable bonds is 4. The van der Waals surface area contributed by atoms with Crippen molar-refractivity contribution < 1.29 is 9.13 Å². The minimum atomic E-state index is -0.769. The largest absolute Gasteiger partial charge is 0.488 e. The van der Waals surface area contributed by atoms with Crippen LogP contribution in [0.1, 0.15) is 19.8 Å². The van der Waals surface area contributed by atoms with Crippen LogP contribution < -0.4 is 9.64 Å². The van der Waals surface area contributed by atoms with Gasteiger partial charge >= 0.3 is 0 Å². The Labute approximate surface area is 144 Å². The van der Waals surface area contributed by atoms with Gasteiger partial charge in [-0.15, -0.1) is 0 Å². The van der Waals surface area contributed by atoms with Crippen molar-refractivity contribution in [3.63, 3.8) is 0 Å². The molecule has 2 fully saturated rings. The normalized spacial score (nSPS) is 19.0. The molecule has 6 nitrogen and oxygen atoms in total. The molecule has 0 radical (unpaired) electrons. The third kappa shape index (κ3) is 2.59. The van der Waals surface area contributed by atoms with Crippen LogP contribution in [0.2, 0.25) is 0 Å². The van der Waals surface area contributed by atoms with Crippen molar-refractivity contribution in [1.29, 1.82) is 0 Å². The van der Waals surface area contributed by atoms with Crippen LogP contribution in [0.15, 0.2) is 30.6 Å². The van der Waals surface area contributed by atoms with Crippen molar-refractivity contribution in [3.05, 3.63) is 30.6 Å². The fourth-order valence-corrected chi connectivity index (χ4v) is 3.08.